The summed E-state index contributed by atoms with van der Waals surface area (Å²) in [6, 6.07) is 70.3. The largest absolute Gasteiger partial charge is 0.416 e. The van der Waals surface area contributed by atoms with Crippen molar-refractivity contribution >= 4 is 43.6 Å². The number of nitrogens with zero attached hydrogens (tertiary/aromatic N) is 4. The lowest BCUT2D eigenvalue weighted by Crippen LogP contribution is -2.08. The van der Waals surface area contributed by atoms with Crippen LogP contribution in [0, 0.1) is 50.4 Å². The van der Waals surface area contributed by atoms with Crippen molar-refractivity contribution in [2.45, 2.75) is 33.9 Å². The van der Waals surface area contributed by atoms with Crippen molar-refractivity contribution < 1.29 is 13.2 Å². The van der Waals surface area contributed by atoms with E-state index in [1.54, 1.807) is 12.1 Å². The molecule has 4 nitrogen and oxygen atoms in total. The third-order valence-electron chi connectivity index (χ3n) is 14.3. The van der Waals surface area contributed by atoms with Crippen LogP contribution in [0.25, 0.3) is 111 Å². The third-order valence-corrected chi connectivity index (χ3v) is 14.3. The molecule has 12 aromatic rings. The Morgan fingerprint density at radius 1 is 0.338 bits per heavy atom. The van der Waals surface area contributed by atoms with Crippen molar-refractivity contribution in [3.05, 3.63) is 239 Å². The van der Waals surface area contributed by atoms with Crippen LogP contribution in [0.3, 0.4) is 0 Å². The molecule has 0 atom stereocenters. The summed E-state index contributed by atoms with van der Waals surface area (Å²) in [6.07, 6.45) is -4.77. The molecule has 74 heavy (non-hydrogen) atoms. The number of alkyl halides is 3. The number of hydrogen-bond acceptors (Lipinski definition) is 2. The van der Waals surface area contributed by atoms with E-state index in [0.29, 0.717) is 22.5 Å². The number of rotatable bonds is 7. The molecule has 0 aliphatic rings. The zero-order valence-corrected chi connectivity index (χ0v) is 41.0. The minimum Gasteiger partial charge on any atom is -0.308 e. The van der Waals surface area contributed by atoms with Gasteiger partial charge in [0.1, 0.15) is 0 Å². The monoisotopic (exact) mass is 962 g/mol. The second-order valence-electron chi connectivity index (χ2n) is 19.5. The molecule has 0 N–H and O–H groups in total. The van der Waals surface area contributed by atoms with Crippen LogP contribution in [0.5, 0.6) is 0 Å². The van der Waals surface area contributed by atoms with Gasteiger partial charge >= 0.3 is 6.18 Å². The number of fused-ring (bicyclic) bond motifs is 6. The van der Waals surface area contributed by atoms with E-state index in [0.717, 1.165) is 123 Å². The van der Waals surface area contributed by atoms with Gasteiger partial charge in [0.2, 0.25) is 0 Å². The molecule has 0 saturated heterocycles. The van der Waals surface area contributed by atoms with Gasteiger partial charge in [0.15, 0.2) is 0 Å². The number of benzene rings is 10. The summed E-state index contributed by atoms with van der Waals surface area (Å²) in [6.45, 7) is 8.27. The molecule has 7 heteroatoms. The zero-order chi connectivity index (χ0) is 51.0. The smallest absolute Gasteiger partial charge is 0.308 e. The van der Waals surface area contributed by atoms with Crippen LogP contribution >= 0.6 is 0 Å². The Morgan fingerprint density at radius 3 is 0.946 bits per heavy atom. The first-order valence-corrected chi connectivity index (χ1v) is 24.5. The lowest BCUT2D eigenvalue weighted by Gasteiger charge is -2.22. The van der Waals surface area contributed by atoms with Crippen molar-refractivity contribution in [2.75, 3.05) is 0 Å². The molecule has 0 fully saturated rings. The highest BCUT2D eigenvalue weighted by atomic mass is 19.4. The summed E-state index contributed by atoms with van der Waals surface area (Å²) in [7, 11) is 0. The van der Waals surface area contributed by atoms with E-state index in [2.05, 4.69) is 188 Å². The Morgan fingerprint density at radius 2 is 0.649 bits per heavy atom. The number of aryl methyl sites for hydroxylation is 4. The van der Waals surface area contributed by atoms with E-state index in [1.165, 1.54) is 6.07 Å². The highest BCUT2D eigenvalue weighted by Gasteiger charge is 2.33. The Kier molecular flexibility index (Phi) is 10.9. The highest BCUT2D eigenvalue weighted by molar-refractivity contribution is 6.14. The van der Waals surface area contributed by atoms with Gasteiger partial charge in [0, 0.05) is 27.1 Å². The maximum atomic E-state index is 15.1. The molecule has 10 aromatic carbocycles. The number of aromatic nitrogens is 2. The summed E-state index contributed by atoms with van der Waals surface area (Å²) < 4.78 is 49.6. The van der Waals surface area contributed by atoms with Crippen LogP contribution in [0.1, 0.15) is 38.9 Å². The van der Waals surface area contributed by atoms with Crippen LogP contribution < -0.4 is 0 Å². The molecule has 354 valence electrons. The lowest BCUT2D eigenvalue weighted by atomic mass is 9.94. The molecule has 0 bridgehead atoms. The van der Waals surface area contributed by atoms with Crippen LogP contribution in [0.2, 0.25) is 0 Å². The average molecular weight is 963 g/mol. The first-order valence-electron chi connectivity index (χ1n) is 24.5. The van der Waals surface area contributed by atoms with Crippen molar-refractivity contribution in [1.82, 2.24) is 9.13 Å². The van der Waals surface area contributed by atoms with Gasteiger partial charge in [-0.15, -0.1) is 0 Å². The van der Waals surface area contributed by atoms with Crippen molar-refractivity contribution in [3.63, 3.8) is 0 Å². The second-order valence-corrected chi connectivity index (χ2v) is 19.5. The van der Waals surface area contributed by atoms with Gasteiger partial charge in [-0.05, 0) is 157 Å². The number of hydrogen-bond donors (Lipinski definition) is 0. The van der Waals surface area contributed by atoms with E-state index < -0.39 is 11.7 Å². The predicted molar refractivity (Wildman–Crippen MR) is 296 cm³/mol. The van der Waals surface area contributed by atoms with Gasteiger partial charge in [-0.25, -0.2) is 0 Å². The topological polar surface area (TPSA) is 57.4 Å². The van der Waals surface area contributed by atoms with Crippen LogP contribution in [0.4, 0.5) is 13.2 Å². The summed E-state index contributed by atoms with van der Waals surface area (Å²) in [4.78, 5) is 0. The highest BCUT2D eigenvalue weighted by Crippen LogP contribution is 2.46. The molecule has 0 radical (unpaired) electrons. The van der Waals surface area contributed by atoms with Gasteiger partial charge in [-0.3, -0.25) is 0 Å². The first-order chi connectivity index (χ1) is 35.8. The van der Waals surface area contributed by atoms with Crippen molar-refractivity contribution in [2.24, 2.45) is 0 Å². The summed E-state index contributed by atoms with van der Waals surface area (Å²) in [5.74, 6) is 0. The van der Waals surface area contributed by atoms with E-state index in [9.17, 15) is 10.5 Å². The molecule has 0 spiro atoms. The fraction of sp³-hybridized carbons (Fsp3) is 0.0746. The molecule has 2 heterocycles. The Bertz CT molecular complexity index is 3940. The molecule has 12 rings (SSSR count). The van der Waals surface area contributed by atoms with Gasteiger partial charge in [-0.1, -0.05) is 144 Å². The molecule has 0 unspecified atom stereocenters. The van der Waals surface area contributed by atoms with Gasteiger partial charge in [0.25, 0.3) is 0 Å². The molecule has 0 aliphatic carbocycles. The third kappa shape index (κ3) is 7.96. The number of halogens is 3. The van der Waals surface area contributed by atoms with Gasteiger partial charge in [0.05, 0.1) is 62.3 Å². The Hall–Kier alpha value is -9.43. The number of nitriles is 2. The Labute approximate surface area is 426 Å². The second kappa shape index (κ2) is 17.7. The van der Waals surface area contributed by atoms with Crippen molar-refractivity contribution in [1.29, 1.82) is 10.5 Å². The molecule has 0 saturated carbocycles. The predicted octanol–water partition coefficient (Wildman–Crippen LogP) is 18.2. The normalized spacial score (nSPS) is 11.7. The maximum absolute atomic E-state index is 15.1. The van der Waals surface area contributed by atoms with Crippen LogP contribution in [0.15, 0.2) is 200 Å². The van der Waals surface area contributed by atoms with Crippen molar-refractivity contribution in [3.8, 4) is 79.1 Å². The van der Waals surface area contributed by atoms with E-state index in [1.807, 2.05) is 30.3 Å². The lowest BCUT2D eigenvalue weighted by molar-refractivity contribution is -0.137. The van der Waals surface area contributed by atoms with Gasteiger partial charge in [-0.2, -0.15) is 23.7 Å². The van der Waals surface area contributed by atoms with Crippen LogP contribution in [-0.4, -0.2) is 9.13 Å². The van der Waals surface area contributed by atoms with Crippen LogP contribution in [-0.2, 0) is 6.18 Å². The molecular formula is C67H45F3N4. The molecule has 2 aromatic heterocycles. The van der Waals surface area contributed by atoms with Gasteiger partial charge < -0.3 is 9.13 Å². The average Bonchev–Trinajstić information content (AvgIpc) is 3.92. The fourth-order valence-corrected chi connectivity index (χ4v) is 10.9. The van der Waals surface area contributed by atoms with E-state index in [4.69, 9.17) is 0 Å². The molecule has 0 aliphatic heterocycles. The summed E-state index contributed by atoms with van der Waals surface area (Å²) >= 11 is 0. The van der Waals surface area contributed by atoms with E-state index >= 15 is 13.2 Å². The van der Waals surface area contributed by atoms with E-state index in [-0.39, 0.29) is 11.1 Å². The summed E-state index contributed by atoms with van der Waals surface area (Å²) in [5, 5.41) is 25.2. The quantitative estimate of drug-likeness (QED) is 0.160. The summed E-state index contributed by atoms with van der Waals surface area (Å²) in [5.41, 5.74) is 16.6. The fourth-order valence-electron chi connectivity index (χ4n) is 10.9. The SMILES string of the molecule is Cc1cccc(-c2ccc3c(c2)c2cc(-c4cccc(C)c4)ccc2n3-c2cc(C#N)cc(-n3c4ccc(-c5cccc(C)c5)cc4c4cc(-c5cccc(C)c5)ccc43)c2-c2cc(C#N)cc(C(F)(F)F)c2)c1. The molecule has 0 amide bonds. The first kappa shape index (κ1) is 45.7. The zero-order valence-electron chi connectivity index (χ0n) is 41.0. The minimum atomic E-state index is -4.77. The standard InChI is InChI=1S/C67H45F3N4/c1-40-9-5-13-46(25-40)50-17-21-60-56(34-50)57-35-51(47-14-6-10-41(2)26-47)18-22-61(57)73(60)64-31-45(39-72)32-65(66(64)54-29-44(38-71)30-55(33-54)67(68,69)70)74-62-23-19-52(48-15-7-11-42(3)27-48)36-58(62)59-37-53(20-24-63(59)74)49-16-8-12-43(4)28-49/h5-37H,1-4H3. The minimum absolute atomic E-state index is 0.142. The molecular weight excluding hydrogens is 918 g/mol. The Balaban J connectivity index is 1.23. The maximum Gasteiger partial charge on any atom is 0.416 e.